The lowest BCUT2D eigenvalue weighted by Gasteiger charge is -2.08. The fraction of sp³-hybridized carbons (Fsp3) is 0.500. The van der Waals surface area contributed by atoms with Crippen LogP contribution in [0.4, 0.5) is 0 Å². The van der Waals surface area contributed by atoms with Crippen LogP contribution in [0.5, 0.6) is 5.06 Å². The Morgan fingerprint density at radius 2 is 2.29 bits per heavy atom. The molecule has 1 aliphatic carbocycles. The second kappa shape index (κ2) is 4.00. The number of carboxylic acids is 1. The van der Waals surface area contributed by atoms with Gasteiger partial charge in [0.2, 0.25) is 0 Å². The Labute approximate surface area is 86.3 Å². The van der Waals surface area contributed by atoms with E-state index in [-0.39, 0.29) is 6.61 Å². The second-order valence-electron chi connectivity index (χ2n) is 3.40. The lowest BCUT2D eigenvalue weighted by molar-refractivity contribution is -0.139. The molecule has 14 heavy (non-hydrogen) atoms. The Hall–Kier alpha value is -1.03. The summed E-state index contributed by atoms with van der Waals surface area (Å²) in [6.07, 6.45) is 4.71. The van der Waals surface area contributed by atoms with Crippen molar-refractivity contribution in [1.29, 1.82) is 0 Å². The summed E-state index contributed by atoms with van der Waals surface area (Å²) in [5.74, 6) is -0.920. The van der Waals surface area contributed by atoms with Gasteiger partial charge < -0.3 is 9.84 Å². The molecule has 0 fully saturated rings. The summed E-state index contributed by atoms with van der Waals surface area (Å²) in [7, 11) is 0. The molecule has 2 rings (SSSR count). The van der Waals surface area contributed by atoms with Gasteiger partial charge in [0.1, 0.15) is 0 Å². The zero-order valence-electron chi connectivity index (χ0n) is 7.78. The third-order valence-corrected chi connectivity index (χ3v) is 3.46. The number of fused-ring (bicyclic) bond motifs is 1. The number of aryl methyl sites for hydroxylation is 2. The number of hydrogen-bond acceptors (Lipinski definition) is 3. The Kier molecular flexibility index (Phi) is 2.72. The van der Waals surface area contributed by atoms with Gasteiger partial charge in [0.15, 0.2) is 11.7 Å². The summed E-state index contributed by atoms with van der Waals surface area (Å²) in [5, 5.41) is 9.21. The molecule has 1 aliphatic rings. The fourth-order valence-electron chi connectivity index (χ4n) is 1.67. The monoisotopic (exact) mass is 212 g/mol. The molecule has 0 saturated heterocycles. The summed E-state index contributed by atoms with van der Waals surface area (Å²) < 4.78 is 5.14. The highest BCUT2D eigenvalue weighted by atomic mass is 32.1. The predicted molar refractivity (Wildman–Crippen MR) is 54.1 cm³/mol. The minimum Gasteiger partial charge on any atom is -0.479 e. The van der Waals surface area contributed by atoms with E-state index in [1.807, 2.05) is 6.07 Å². The van der Waals surface area contributed by atoms with Crippen molar-refractivity contribution in [3.05, 3.63) is 16.5 Å². The third kappa shape index (κ3) is 2.07. The smallest absolute Gasteiger partial charge is 0.341 e. The van der Waals surface area contributed by atoms with Gasteiger partial charge in [0.05, 0.1) is 0 Å². The summed E-state index contributed by atoms with van der Waals surface area (Å²) in [6.45, 7) is -0.237. The van der Waals surface area contributed by atoms with Crippen molar-refractivity contribution in [3.8, 4) is 5.06 Å². The Morgan fingerprint density at radius 1 is 1.50 bits per heavy atom. The maximum absolute atomic E-state index is 10.3. The molecule has 0 saturated carbocycles. The van der Waals surface area contributed by atoms with E-state index in [2.05, 4.69) is 0 Å². The van der Waals surface area contributed by atoms with Crippen molar-refractivity contribution in [3.63, 3.8) is 0 Å². The normalized spacial score (nSPS) is 14.9. The van der Waals surface area contributed by atoms with Gasteiger partial charge in [-0.3, -0.25) is 0 Å². The number of ether oxygens (including phenoxy) is 1. The largest absolute Gasteiger partial charge is 0.479 e. The number of aliphatic carboxylic acids is 1. The summed E-state index contributed by atoms with van der Waals surface area (Å²) in [6, 6.07) is 1.99. The average molecular weight is 212 g/mol. The number of hydrogen-bond donors (Lipinski definition) is 1. The van der Waals surface area contributed by atoms with Crippen LogP contribution in [0.3, 0.4) is 0 Å². The zero-order chi connectivity index (χ0) is 9.97. The minimum absolute atomic E-state index is 0.237. The molecule has 1 aromatic rings. The predicted octanol–water partition coefficient (Wildman–Crippen LogP) is 2.09. The first kappa shape index (κ1) is 9.52. The quantitative estimate of drug-likeness (QED) is 0.834. The number of thiophene rings is 1. The first-order valence-corrected chi connectivity index (χ1v) is 5.53. The van der Waals surface area contributed by atoms with E-state index in [0.717, 1.165) is 17.9 Å². The van der Waals surface area contributed by atoms with E-state index in [1.165, 1.54) is 23.3 Å². The molecular formula is C10H12O3S. The molecule has 1 heterocycles. The number of carboxylic acid groups (broad SMARTS) is 1. The van der Waals surface area contributed by atoms with Crippen LogP contribution in [-0.2, 0) is 17.6 Å². The lowest BCUT2D eigenvalue weighted by atomic mass is 10.00. The molecule has 0 spiro atoms. The van der Waals surface area contributed by atoms with Crippen LogP contribution in [0, 0.1) is 0 Å². The minimum atomic E-state index is -0.920. The molecule has 76 valence electrons. The molecule has 0 aliphatic heterocycles. The van der Waals surface area contributed by atoms with Crippen molar-refractivity contribution >= 4 is 17.3 Å². The highest BCUT2D eigenvalue weighted by Crippen LogP contribution is 2.34. The third-order valence-electron chi connectivity index (χ3n) is 2.31. The SMILES string of the molecule is O=C(O)COc1cc2c(s1)CCCC2. The molecule has 3 nitrogen and oxygen atoms in total. The van der Waals surface area contributed by atoms with Crippen molar-refractivity contribution < 1.29 is 14.6 Å². The molecular weight excluding hydrogens is 200 g/mol. The molecule has 1 N–H and O–H groups in total. The number of rotatable bonds is 3. The first-order valence-electron chi connectivity index (χ1n) is 4.72. The molecule has 0 aromatic carbocycles. The van der Waals surface area contributed by atoms with Crippen LogP contribution in [0.2, 0.25) is 0 Å². The van der Waals surface area contributed by atoms with Crippen molar-refractivity contribution in [2.24, 2.45) is 0 Å². The van der Waals surface area contributed by atoms with Gasteiger partial charge in [-0.05, 0) is 37.3 Å². The summed E-state index contributed by atoms with van der Waals surface area (Å²) >= 11 is 1.59. The van der Waals surface area contributed by atoms with Crippen LogP contribution < -0.4 is 4.74 Å². The van der Waals surface area contributed by atoms with Gasteiger partial charge in [0, 0.05) is 4.88 Å². The van der Waals surface area contributed by atoms with Crippen LogP contribution in [-0.4, -0.2) is 17.7 Å². The highest BCUT2D eigenvalue weighted by molar-refractivity contribution is 7.14. The van der Waals surface area contributed by atoms with Gasteiger partial charge in [-0.1, -0.05) is 0 Å². The maximum atomic E-state index is 10.3. The van der Waals surface area contributed by atoms with Crippen molar-refractivity contribution in [1.82, 2.24) is 0 Å². The van der Waals surface area contributed by atoms with E-state index >= 15 is 0 Å². The van der Waals surface area contributed by atoms with E-state index in [9.17, 15) is 4.79 Å². The van der Waals surface area contributed by atoms with Crippen LogP contribution in [0.1, 0.15) is 23.3 Å². The van der Waals surface area contributed by atoms with Crippen LogP contribution >= 0.6 is 11.3 Å². The topological polar surface area (TPSA) is 46.5 Å². The van der Waals surface area contributed by atoms with Gasteiger partial charge >= 0.3 is 5.97 Å². The van der Waals surface area contributed by atoms with E-state index in [1.54, 1.807) is 11.3 Å². The molecule has 4 heteroatoms. The number of carbonyl (C=O) groups is 1. The van der Waals surface area contributed by atoms with Crippen LogP contribution in [0.15, 0.2) is 6.07 Å². The fourth-order valence-corrected chi connectivity index (χ4v) is 2.77. The van der Waals surface area contributed by atoms with Crippen LogP contribution in [0.25, 0.3) is 0 Å². The summed E-state index contributed by atoms with van der Waals surface area (Å²) in [4.78, 5) is 11.7. The molecule has 0 radical (unpaired) electrons. The van der Waals surface area contributed by atoms with Gasteiger partial charge in [-0.25, -0.2) is 4.79 Å². The molecule has 0 amide bonds. The molecule has 0 unspecified atom stereocenters. The van der Waals surface area contributed by atoms with E-state index < -0.39 is 5.97 Å². The zero-order valence-corrected chi connectivity index (χ0v) is 8.60. The maximum Gasteiger partial charge on any atom is 0.341 e. The molecule has 0 bridgehead atoms. The van der Waals surface area contributed by atoms with Gasteiger partial charge in [-0.15, -0.1) is 11.3 Å². The summed E-state index contributed by atoms with van der Waals surface area (Å²) in [5.41, 5.74) is 1.35. The Bertz CT molecular complexity index is 320. The Balaban J connectivity index is 2.04. The second-order valence-corrected chi connectivity index (χ2v) is 4.50. The molecule has 0 atom stereocenters. The van der Waals surface area contributed by atoms with E-state index in [4.69, 9.17) is 9.84 Å². The van der Waals surface area contributed by atoms with Gasteiger partial charge in [-0.2, -0.15) is 0 Å². The van der Waals surface area contributed by atoms with Crippen molar-refractivity contribution in [2.75, 3.05) is 6.61 Å². The van der Waals surface area contributed by atoms with Gasteiger partial charge in [0.25, 0.3) is 0 Å². The van der Waals surface area contributed by atoms with Crippen molar-refractivity contribution in [2.45, 2.75) is 25.7 Å². The standard InChI is InChI=1S/C10H12O3S/c11-9(12)6-13-10-5-7-3-1-2-4-8(7)14-10/h5H,1-4,6H2,(H,11,12). The highest BCUT2D eigenvalue weighted by Gasteiger charge is 2.14. The molecule has 1 aromatic heterocycles. The lowest BCUT2D eigenvalue weighted by Crippen LogP contribution is -2.08. The average Bonchev–Trinajstić information content (AvgIpc) is 2.57. The van der Waals surface area contributed by atoms with E-state index in [0.29, 0.717) is 0 Å². The first-order chi connectivity index (χ1) is 6.75. The Morgan fingerprint density at radius 3 is 3.00 bits per heavy atom.